The number of rotatable bonds is 10. The molecule has 5 atom stereocenters. The van der Waals surface area contributed by atoms with Gasteiger partial charge in [-0.3, -0.25) is 24.1 Å². The maximum atomic E-state index is 13.5. The lowest BCUT2D eigenvalue weighted by Crippen LogP contribution is -2.51. The topological polar surface area (TPSA) is 138 Å². The maximum absolute atomic E-state index is 13.5. The van der Waals surface area contributed by atoms with Crippen LogP contribution in [0.15, 0.2) is 48.8 Å². The Morgan fingerprint density at radius 1 is 1.02 bits per heavy atom. The van der Waals surface area contributed by atoms with E-state index in [1.807, 2.05) is 16.6 Å². The third kappa shape index (κ3) is 5.67. The molecule has 2 aliphatic carbocycles. The normalized spacial score (nSPS) is 26.1. The number of hydrogen-bond acceptors (Lipinski definition) is 8. The largest absolute Gasteiger partial charge is 0.382 e. The lowest BCUT2D eigenvalue weighted by atomic mass is 9.92. The molecule has 46 heavy (non-hydrogen) atoms. The molecule has 3 N–H and O–H groups in total. The van der Waals surface area contributed by atoms with Crippen molar-refractivity contribution in [3.8, 4) is 0 Å². The van der Waals surface area contributed by atoms with Gasteiger partial charge < -0.3 is 16.0 Å². The molecule has 2 saturated carbocycles. The number of carbonyl (C=O) groups excluding carboxylic acids is 4. The van der Waals surface area contributed by atoms with Crippen molar-refractivity contribution < 1.29 is 19.2 Å². The van der Waals surface area contributed by atoms with E-state index in [1.165, 1.54) is 0 Å². The summed E-state index contributed by atoms with van der Waals surface area (Å²) in [6, 6.07) is 8.70. The summed E-state index contributed by atoms with van der Waals surface area (Å²) in [6.07, 6.45) is 10.5. The highest BCUT2D eigenvalue weighted by Crippen LogP contribution is 2.38. The van der Waals surface area contributed by atoms with Gasteiger partial charge in [0, 0.05) is 53.6 Å². The molecular weight excluding hydrogens is 582 g/mol. The Hall–Kier alpha value is -4.54. The van der Waals surface area contributed by atoms with Gasteiger partial charge in [-0.15, -0.1) is 0 Å². The number of amides is 3. The number of Topliss-reactive ketones (excluding diaryl/α,β-unsaturated/α-hetero) is 1. The van der Waals surface area contributed by atoms with E-state index in [9.17, 15) is 19.2 Å². The van der Waals surface area contributed by atoms with Gasteiger partial charge in [-0.1, -0.05) is 26.0 Å². The number of hydrogen-bond donors (Lipinski definition) is 3. The van der Waals surface area contributed by atoms with Crippen LogP contribution in [-0.4, -0.2) is 61.1 Å². The van der Waals surface area contributed by atoms with Crippen LogP contribution in [0.2, 0.25) is 0 Å². The second-order valence-electron chi connectivity index (χ2n) is 13.4. The number of piperidine rings is 1. The van der Waals surface area contributed by atoms with Crippen LogP contribution < -0.4 is 16.0 Å². The first kappa shape index (κ1) is 30.1. The number of imide groups is 1. The summed E-state index contributed by atoms with van der Waals surface area (Å²) >= 11 is 0. The van der Waals surface area contributed by atoms with E-state index in [0.717, 1.165) is 67.0 Å². The van der Waals surface area contributed by atoms with Crippen molar-refractivity contribution in [2.45, 2.75) is 95.7 Å². The molecule has 3 amide bonds. The number of nitrogens with zero attached hydrogens (tertiary/aromatic N) is 4. The first-order chi connectivity index (χ1) is 22.3. The van der Waals surface area contributed by atoms with Crippen molar-refractivity contribution in [1.82, 2.24) is 24.8 Å². The summed E-state index contributed by atoms with van der Waals surface area (Å²) in [7, 11) is 0. The highest BCUT2D eigenvalue weighted by Gasteiger charge is 2.45. The number of allylic oxidation sites excluding steroid dienone is 1. The van der Waals surface area contributed by atoms with Crippen molar-refractivity contribution >= 4 is 40.7 Å². The second-order valence-corrected chi connectivity index (χ2v) is 13.4. The Morgan fingerprint density at radius 3 is 2.67 bits per heavy atom. The molecule has 2 aliphatic heterocycles. The fraction of sp³-hybridized carbons (Fsp3) is 0.486. The number of ketones is 1. The molecule has 2 aromatic heterocycles. The van der Waals surface area contributed by atoms with E-state index in [2.05, 4.69) is 40.6 Å². The van der Waals surface area contributed by atoms with E-state index in [0.29, 0.717) is 65.9 Å². The van der Waals surface area contributed by atoms with E-state index in [1.54, 1.807) is 18.3 Å². The highest BCUT2D eigenvalue weighted by molar-refractivity contribution is 6.25. The van der Waals surface area contributed by atoms with Gasteiger partial charge in [-0.2, -0.15) is 9.61 Å². The molecule has 4 aliphatic rings. The van der Waals surface area contributed by atoms with Crippen LogP contribution in [0.1, 0.15) is 97.5 Å². The van der Waals surface area contributed by atoms with Gasteiger partial charge >= 0.3 is 0 Å². The van der Waals surface area contributed by atoms with E-state index in [4.69, 9.17) is 4.98 Å². The summed E-state index contributed by atoms with van der Waals surface area (Å²) < 4.78 is 1.86. The molecular formula is C35H41N7O4. The molecule has 4 unspecified atom stereocenters. The first-order valence-corrected chi connectivity index (χ1v) is 16.7. The molecule has 1 saturated heterocycles. The molecule has 1 aromatic carbocycles. The Labute approximate surface area is 268 Å². The van der Waals surface area contributed by atoms with Crippen molar-refractivity contribution in [3.05, 3.63) is 65.6 Å². The Bertz CT molecular complexity index is 1730. The summed E-state index contributed by atoms with van der Waals surface area (Å²) in [5.74, 6) is 0.336. The van der Waals surface area contributed by atoms with Gasteiger partial charge in [0.25, 0.3) is 11.8 Å². The Kier molecular flexibility index (Phi) is 8.08. The molecule has 0 bridgehead atoms. The van der Waals surface area contributed by atoms with E-state index in [-0.39, 0.29) is 17.9 Å². The quantitative estimate of drug-likeness (QED) is 0.272. The van der Waals surface area contributed by atoms with Crippen molar-refractivity contribution in [2.24, 2.45) is 11.8 Å². The van der Waals surface area contributed by atoms with Crippen LogP contribution in [0.25, 0.3) is 5.65 Å². The molecule has 7 rings (SSSR count). The number of aromatic nitrogens is 3. The smallest absolute Gasteiger partial charge is 0.264 e. The van der Waals surface area contributed by atoms with E-state index >= 15 is 0 Å². The zero-order valence-electron chi connectivity index (χ0n) is 26.3. The third-order valence-corrected chi connectivity index (χ3v) is 10.1. The molecule has 240 valence electrons. The zero-order chi connectivity index (χ0) is 31.9. The highest BCUT2D eigenvalue weighted by atomic mass is 16.2. The minimum atomic E-state index is -0.848. The summed E-state index contributed by atoms with van der Waals surface area (Å²) in [6.45, 7) is 5.94. The van der Waals surface area contributed by atoms with Crippen LogP contribution >= 0.6 is 0 Å². The van der Waals surface area contributed by atoms with Gasteiger partial charge in [0.2, 0.25) is 5.91 Å². The molecule has 3 fully saturated rings. The van der Waals surface area contributed by atoms with Gasteiger partial charge in [-0.25, -0.2) is 4.98 Å². The minimum Gasteiger partial charge on any atom is -0.382 e. The molecule has 11 nitrogen and oxygen atoms in total. The lowest BCUT2D eigenvalue weighted by molar-refractivity contribution is -0.125. The van der Waals surface area contributed by atoms with Crippen molar-refractivity contribution in [2.75, 3.05) is 10.6 Å². The van der Waals surface area contributed by atoms with Gasteiger partial charge in [0.1, 0.15) is 17.6 Å². The van der Waals surface area contributed by atoms with Crippen LogP contribution in [0.5, 0.6) is 0 Å². The molecule has 3 aromatic rings. The SMILES string of the molecule is C=C1CCC(N2C(=O)c3cccc(NC4CCC(C(=O)C[C@@H]5CCC(Nc6cc(CCC)nc7ccnn67)C5)C4)c3C2=O)C(=O)N1. The van der Waals surface area contributed by atoms with Crippen molar-refractivity contribution in [1.29, 1.82) is 0 Å². The fourth-order valence-electron chi connectivity index (χ4n) is 7.84. The summed E-state index contributed by atoms with van der Waals surface area (Å²) in [5, 5.41) is 14.3. The number of benzene rings is 1. The molecule has 0 radical (unpaired) electrons. The maximum Gasteiger partial charge on any atom is 0.264 e. The number of nitrogens with one attached hydrogen (secondary N) is 3. The fourth-order valence-corrected chi connectivity index (χ4v) is 7.84. The summed E-state index contributed by atoms with van der Waals surface area (Å²) in [5.41, 5.74) is 3.71. The van der Waals surface area contributed by atoms with Crippen LogP contribution in [0, 0.1) is 11.8 Å². The van der Waals surface area contributed by atoms with Crippen LogP contribution in [0.3, 0.4) is 0 Å². The van der Waals surface area contributed by atoms with Crippen LogP contribution in [0.4, 0.5) is 11.5 Å². The Morgan fingerprint density at radius 2 is 1.85 bits per heavy atom. The number of fused-ring (bicyclic) bond motifs is 2. The standard InChI is InChI=1S/C35H41N7O4/c1-3-5-23-19-31(42-30(39-23)14-15-36-42)40-24-11-9-21(16-24)17-29(43)22-10-12-25(18-22)38-27-7-4-6-26-32(27)35(46)41(34(26)45)28-13-8-20(2)37-33(28)44/h4,6-7,14-15,19,21-22,24-25,28,38,40H,2-3,5,8-13,16-18H2,1H3,(H,37,44)/t21-,22?,24?,25?,28?/m1/s1. The number of anilines is 2. The second kappa shape index (κ2) is 12.3. The molecule has 11 heteroatoms. The van der Waals surface area contributed by atoms with Crippen LogP contribution in [-0.2, 0) is 16.0 Å². The van der Waals surface area contributed by atoms with Crippen molar-refractivity contribution in [3.63, 3.8) is 0 Å². The average Bonchev–Trinajstić information content (AvgIpc) is 3.83. The summed E-state index contributed by atoms with van der Waals surface area (Å²) in [4.78, 5) is 58.7. The van der Waals surface area contributed by atoms with Gasteiger partial charge in [0.15, 0.2) is 5.65 Å². The monoisotopic (exact) mass is 623 g/mol. The number of carbonyl (C=O) groups is 4. The minimum absolute atomic E-state index is 0.0189. The van der Waals surface area contributed by atoms with Gasteiger partial charge in [0.05, 0.1) is 17.3 Å². The molecule has 0 spiro atoms. The Balaban J connectivity index is 0.946. The van der Waals surface area contributed by atoms with E-state index < -0.39 is 17.9 Å². The zero-order valence-corrected chi connectivity index (χ0v) is 26.3. The first-order valence-electron chi connectivity index (χ1n) is 16.7. The predicted octanol–water partition coefficient (Wildman–Crippen LogP) is 4.89. The lowest BCUT2D eigenvalue weighted by Gasteiger charge is -2.29. The average molecular weight is 624 g/mol. The van der Waals surface area contributed by atoms with Gasteiger partial charge in [-0.05, 0) is 75.8 Å². The number of aryl methyl sites for hydroxylation is 1. The third-order valence-electron chi connectivity index (χ3n) is 10.1. The molecule has 4 heterocycles. The predicted molar refractivity (Wildman–Crippen MR) is 173 cm³/mol.